The second-order valence-electron chi connectivity index (χ2n) is 7.13. The number of furan rings is 1. The molecule has 0 radical (unpaired) electrons. The molecule has 0 amide bonds. The number of nitrogens with zero attached hydrogens (tertiary/aromatic N) is 1. The van der Waals surface area contributed by atoms with Crippen molar-refractivity contribution in [2.24, 2.45) is 0 Å². The first kappa shape index (κ1) is 15.9. The molecule has 1 heterocycles. The van der Waals surface area contributed by atoms with Gasteiger partial charge in [0.1, 0.15) is 11.2 Å². The highest BCUT2D eigenvalue weighted by Gasteiger charge is 2.22. The molecule has 0 fully saturated rings. The summed E-state index contributed by atoms with van der Waals surface area (Å²) < 4.78 is 6.43. The van der Waals surface area contributed by atoms with Crippen LogP contribution in [0.25, 0.3) is 21.9 Å². The summed E-state index contributed by atoms with van der Waals surface area (Å²) in [5.74, 6) is 0. The normalized spacial score (nSPS) is 11.7. The summed E-state index contributed by atoms with van der Waals surface area (Å²) in [5, 5.41) is 2.60. The van der Waals surface area contributed by atoms with Crippen molar-refractivity contribution in [2.45, 2.75) is 48.5 Å². The van der Waals surface area contributed by atoms with E-state index in [9.17, 15) is 0 Å². The van der Waals surface area contributed by atoms with E-state index < -0.39 is 0 Å². The topological polar surface area (TPSA) is 16.4 Å². The maximum Gasteiger partial charge on any atom is 0.140 e. The predicted molar refractivity (Wildman–Crippen MR) is 101 cm³/mol. The van der Waals surface area contributed by atoms with Crippen LogP contribution in [0.5, 0.6) is 0 Å². The average Bonchev–Trinajstić information content (AvgIpc) is 2.89. The van der Waals surface area contributed by atoms with E-state index in [-0.39, 0.29) is 0 Å². The van der Waals surface area contributed by atoms with Crippen LogP contribution in [0.3, 0.4) is 0 Å². The third-order valence-corrected chi connectivity index (χ3v) is 5.75. The van der Waals surface area contributed by atoms with E-state index in [0.29, 0.717) is 0 Å². The minimum atomic E-state index is 1.04. The summed E-state index contributed by atoms with van der Waals surface area (Å²) in [6.45, 7) is 15.4. The third-order valence-electron chi connectivity index (χ3n) is 5.75. The molecule has 0 N–H and O–H groups in total. The van der Waals surface area contributed by atoms with E-state index >= 15 is 0 Å². The van der Waals surface area contributed by atoms with Crippen LogP contribution in [0.2, 0.25) is 0 Å². The highest BCUT2D eigenvalue weighted by molar-refractivity contribution is 6.12. The van der Waals surface area contributed by atoms with Gasteiger partial charge in [-0.25, -0.2) is 0 Å². The van der Waals surface area contributed by atoms with E-state index in [0.717, 1.165) is 11.2 Å². The number of anilines is 1. The summed E-state index contributed by atoms with van der Waals surface area (Å²) in [6, 6.07) is 0. The van der Waals surface area contributed by atoms with Gasteiger partial charge in [-0.15, -0.1) is 0 Å². The second-order valence-corrected chi connectivity index (χ2v) is 7.13. The van der Waals surface area contributed by atoms with E-state index in [1.165, 1.54) is 55.4 Å². The molecule has 23 heavy (non-hydrogen) atoms. The van der Waals surface area contributed by atoms with Crippen LogP contribution in [-0.4, -0.2) is 14.1 Å². The molecule has 3 rings (SSSR count). The molecule has 0 aliphatic heterocycles. The van der Waals surface area contributed by atoms with Crippen LogP contribution >= 0.6 is 0 Å². The lowest BCUT2D eigenvalue weighted by Crippen LogP contribution is -2.12. The molecular weight excluding hydrogens is 282 g/mol. The zero-order chi connectivity index (χ0) is 17.2. The van der Waals surface area contributed by atoms with Gasteiger partial charge in [-0.1, -0.05) is 0 Å². The summed E-state index contributed by atoms with van der Waals surface area (Å²) in [6.07, 6.45) is 0. The van der Waals surface area contributed by atoms with E-state index in [1.807, 2.05) is 0 Å². The summed E-state index contributed by atoms with van der Waals surface area (Å²) in [7, 11) is 4.21. The van der Waals surface area contributed by atoms with Gasteiger partial charge in [-0.2, -0.15) is 0 Å². The fraction of sp³-hybridized carbons (Fsp3) is 0.429. The Morgan fingerprint density at radius 1 is 0.522 bits per heavy atom. The predicted octanol–water partition coefficient (Wildman–Crippen LogP) is 5.81. The van der Waals surface area contributed by atoms with Gasteiger partial charge in [-0.05, 0) is 81.8 Å². The Kier molecular flexibility index (Phi) is 3.47. The molecule has 0 saturated carbocycles. The summed E-state index contributed by atoms with van der Waals surface area (Å²) in [5.41, 5.74) is 12.6. The first-order valence-electron chi connectivity index (χ1n) is 8.28. The molecule has 0 bridgehead atoms. The molecule has 2 heteroatoms. The number of aryl methyl sites for hydroxylation is 4. The monoisotopic (exact) mass is 309 g/mol. The smallest absolute Gasteiger partial charge is 0.140 e. The standard InChI is InChI=1S/C21H27NO/c1-10-11(2)15(6)20-17(12(10)3)18-13(4)14(5)19(22(8)9)16(7)21(18)23-20/h1-9H3. The number of hydrogen-bond donors (Lipinski definition) is 0. The lowest BCUT2D eigenvalue weighted by Gasteiger charge is -2.21. The fourth-order valence-corrected chi connectivity index (χ4v) is 4.02. The lowest BCUT2D eigenvalue weighted by atomic mass is 9.91. The minimum Gasteiger partial charge on any atom is -0.455 e. The number of benzene rings is 2. The molecule has 2 aromatic carbocycles. The van der Waals surface area contributed by atoms with E-state index in [4.69, 9.17) is 4.42 Å². The van der Waals surface area contributed by atoms with Crippen molar-refractivity contribution in [3.8, 4) is 0 Å². The number of fused-ring (bicyclic) bond motifs is 3. The Bertz CT molecular complexity index is 958. The van der Waals surface area contributed by atoms with Gasteiger partial charge in [0.25, 0.3) is 0 Å². The van der Waals surface area contributed by atoms with Gasteiger partial charge in [-0.3, -0.25) is 0 Å². The molecule has 0 atom stereocenters. The van der Waals surface area contributed by atoms with Gasteiger partial charge < -0.3 is 9.32 Å². The molecule has 0 aliphatic rings. The highest BCUT2D eigenvalue weighted by Crippen LogP contribution is 2.43. The van der Waals surface area contributed by atoms with Crippen LogP contribution in [0.1, 0.15) is 38.9 Å². The Labute approximate surface area is 139 Å². The van der Waals surface area contributed by atoms with Crippen molar-refractivity contribution in [3.05, 3.63) is 38.9 Å². The van der Waals surface area contributed by atoms with Gasteiger partial charge in [0.15, 0.2) is 0 Å². The zero-order valence-electron chi connectivity index (χ0n) is 15.9. The van der Waals surface area contributed by atoms with Crippen molar-refractivity contribution in [3.63, 3.8) is 0 Å². The SMILES string of the molecule is Cc1c(C)c(C)c2c(oc3c(C)c(N(C)C)c(C)c(C)c32)c1C. The van der Waals surface area contributed by atoms with Crippen molar-refractivity contribution in [1.29, 1.82) is 0 Å². The molecule has 0 unspecified atom stereocenters. The number of rotatable bonds is 1. The fourth-order valence-electron chi connectivity index (χ4n) is 4.02. The van der Waals surface area contributed by atoms with Gasteiger partial charge >= 0.3 is 0 Å². The van der Waals surface area contributed by atoms with Gasteiger partial charge in [0.05, 0.1) is 0 Å². The van der Waals surface area contributed by atoms with Gasteiger partial charge in [0.2, 0.25) is 0 Å². The van der Waals surface area contributed by atoms with Crippen LogP contribution < -0.4 is 4.90 Å². The Hall–Kier alpha value is -1.96. The van der Waals surface area contributed by atoms with Gasteiger partial charge in [0, 0.05) is 36.1 Å². The van der Waals surface area contributed by atoms with E-state index in [2.05, 4.69) is 67.5 Å². The largest absolute Gasteiger partial charge is 0.455 e. The van der Waals surface area contributed by atoms with Crippen molar-refractivity contribution in [2.75, 3.05) is 19.0 Å². The molecule has 122 valence electrons. The molecular formula is C21H27NO. The Balaban J connectivity index is 2.67. The highest BCUT2D eigenvalue weighted by atomic mass is 16.3. The molecule has 0 saturated heterocycles. The minimum absolute atomic E-state index is 1.04. The maximum absolute atomic E-state index is 6.43. The first-order valence-corrected chi connectivity index (χ1v) is 8.28. The van der Waals surface area contributed by atoms with Crippen LogP contribution in [-0.2, 0) is 0 Å². The quantitative estimate of drug-likeness (QED) is 0.564. The average molecular weight is 309 g/mol. The molecule has 3 aromatic rings. The Morgan fingerprint density at radius 3 is 1.48 bits per heavy atom. The molecule has 2 nitrogen and oxygen atoms in total. The summed E-state index contributed by atoms with van der Waals surface area (Å²) in [4.78, 5) is 2.19. The molecule has 1 aromatic heterocycles. The van der Waals surface area contributed by atoms with E-state index in [1.54, 1.807) is 0 Å². The first-order chi connectivity index (χ1) is 10.7. The molecule has 0 aliphatic carbocycles. The van der Waals surface area contributed by atoms with Crippen LogP contribution in [0.15, 0.2) is 4.42 Å². The maximum atomic E-state index is 6.43. The van der Waals surface area contributed by atoms with Crippen molar-refractivity contribution in [1.82, 2.24) is 0 Å². The number of hydrogen-bond acceptors (Lipinski definition) is 2. The van der Waals surface area contributed by atoms with Crippen molar-refractivity contribution < 1.29 is 4.42 Å². The van der Waals surface area contributed by atoms with Crippen molar-refractivity contribution >= 4 is 27.6 Å². The molecule has 0 spiro atoms. The summed E-state index contributed by atoms with van der Waals surface area (Å²) >= 11 is 0. The van der Waals surface area contributed by atoms with Crippen LogP contribution in [0.4, 0.5) is 5.69 Å². The lowest BCUT2D eigenvalue weighted by molar-refractivity contribution is 0.661. The second kappa shape index (κ2) is 5.02. The van der Waals surface area contributed by atoms with Crippen LogP contribution in [0, 0.1) is 48.5 Å². The zero-order valence-corrected chi connectivity index (χ0v) is 15.9. The third kappa shape index (κ3) is 1.94. The Morgan fingerprint density at radius 2 is 0.957 bits per heavy atom.